The third kappa shape index (κ3) is 5.67. The lowest BCUT2D eigenvalue weighted by Crippen LogP contribution is -2.26. The fourth-order valence-corrected chi connectivity index (χ4v) is 3.55. The zero-order valence-corrected chi connectivity index (χ0v) is 19.3. The van der Waals surface area contributed by atoms with Crippen LogP contribution in [0.25, 0.3) is 0 Å². The van der Waals surface area contributed by atoms with E-state index < -0.39 is 0 Å². The number of amides is 1. The Balaban J connectivity index is 1.79. The molecule has 0 aliphatic rings. The lowest BCUT2D eigenvalue weighted by Gasteiger charge is -2.17. The molecule has 0 fully saturated rings. The number of halogens is 1. The van der Waals surface area contributed by atoms with Crippen LogP contribution >= 0.6 is 0 Å². The summed E-state index contributed by atoms with van der Waals surface area (Å²) in [5.41, 5.74) is 5.55. The van der Waals surface area contributed by atoms with Crippen LogP contribution in [0.1, 0.15) is 58.1 Å². The Morgan fingerprint density at radius 2 is 1.69 bits per heavy atom. The van der Waals surface area contributed by atoms with Gasteiger partial charge in [-0.1, -0.05) is 18.2 Å². The molecule has 3 aromatic rings. The molecule has 1 atom stereocenters. The molecule has 168 valence electrons. The average Bonchev–Trinajstić information content (AvgIpc) is 2.76. The highest BCUT2D eigenvalue weighted by molar-refractivity contribution is 5.94. The topological polar surface area (TPSA) is 47.6 Å². The van der Waals surface area contributed by atoms with Gasteiger partial charge in [0.1, 0.15) is 23.9 Å². The molecule has 0 unspecified atom stereocenters. The van der Waals surface area contributed by atoms with Gasteiger partial charge in [-0.2, -0.15) is 0 Å². The highest BCUT2D eigenvalue weighted by Crippen LogP contribution is 2.27. The van der Waals surface area contributed by atoms with Gasteiger partial charge < -0.3 is 14.8 Å². The fourth-order valence-electron chi connectivity index (χ4n) is 3.55. The number of hydrogen-bond acceptors (Lipinski definition) is 3. The van der Waals surface area contributed by atoms with E-state index in [2.05, 4.69) is 18.3 Å². The lowest BCUT2D eigenvalue weighted by molar-refractivity contribution is 0.0939. The Hall–Kier alpha value is -3.34. The second kappa shape index (κ2) is 10.3. The van der Waals surface area contributed by atoms with Gasteiger partial charge in [-0.05, 0) is 93.3 Å². The summed E-state index contributed by atoms with van der Waals surface area (Å²) in [7, 11) is 0. The van der Waals surface area contributed by atoms with Crippen molar-refractivity contribution in [1.29, 1.82) is 0 Å². The molecule has 1 amide bonds. The molecule has 0 aromatic heterocycles. The second-order valence-corrected chi connectivity index (χ2v) is 8.00. The van der Waals surface area contributed by atoms with Gasteiger partial charge in [0.05, 0.1) is 12.6 Å². The molecule has 32 heavy (non-hydrogen) atoms. The Morgan fingerprint density at radius 1 is 0.969 bits per heavy atom. The van der Waals surface area contributed by atoms with Crippen LogP contribution in [0.2, 0.25) is 0 Å². The number of carbonyl (C=O) groups is 1. The molecule has 1 N–H and O–H groups in total. The molecule has 0 aliphatic carbocycles. The molecule has 0 bridgehead atoms. The number of benzene rings is 3. The summed E-state index contributed by atoms with van der Waals surface area (Å²) < 4.78 is 25.0. The third-order valence-electron chi connectivity index (χ3n) is 5.49. The molecule has 0 aliphatic heterocycles. The summed E-state index contributed by atoms with van der Waals surface area (Å²) in [6.45, 7) is 10.7. The van der Waals surface area contributed by atoms with E-state index >= 15 is 0 Å². The van der Waals surface area contributed by atoms with Crippen molar-refractivity contribution in [2.45, 2.75) is 47.3 Å². The molecular weight excluding hydrogens is 405 g/mol. The number of nitrogens with one attached hydrogen (secondary N) is 1. The van der Waals surface area contributed by atoms with Crippen LogP contribution in [-0.2, 0) is 6.61 Å². The quantitative estimate of drug-likeness (QED) is 0.457. The maximum atomic E-state index is 13.2. The normalized spacial score (nSPS) is 11.7. The SMILES string of the molecule is CCOc1ccc(C(=O)N[C@@H](C)c2ccc(F)cc2)cc1COc1cc(C)cc(C)c1C. The van der Waals surface area contributed by atoms with Gasteiger partial charge in [-0.25, -0.2) is 4.39 Å². The first kappa shape index (κ1) is 23.3. The van der Waals surface area contributed by atoms with Crippen molar-refractivity contribution in [3.8, 4) is 11.5 Å². The second-order valence-electron chi connectivity index (χ2n) is 8.00. The first-order valence-electron chi connectivity index (χ1n) is 10.8. The van der Waals surface area contributed by atoms with Gasteiger partial charge in [0.15, 0.2) is 0 Å². The van der Waals surface area contributed by atoms with Gasteiger partial charge in [0.2, 0.25) is 0 Å². The molecule has 0 heterocycles. The van der Waals surface area contributed by atoms with E-state index in [4.69, 9.17) is 9.47 Å². The standard InChI is InChI=1S/C27H30FNO3/c1-6-31-25-12-9-22(27(30)29-20(5)21-7-10-24(28)11-8-21)15-23(25)16-32-26-14-17(2)13-18(3)19(26)4/h7-15,20H,6,16H2,1-5H3,(H,29,30)/t20-/m0/s1. The van der Waals surface area contributed by atoms with E-state index in [1.54, 1.807) is 30.3 Å². The van der Waals surface area contributed by atoms with E-state index in [9.17, 15) is 9.18 Å². The Labute approximate surface area is 189 Å². The number of rotatable bonds is 8. The van der Waals surface area contributed by atoms with Crippen molar-refractivity contribution in [3.05, 3.63) is 93.8 Å². The number of aryl methyl sites for hydroxylation is 2. The van der Waals surface area contributed by atoms with Crippen LogP contribution in [0, 0.1) is 26.6 Å². The van der Waals surface area contributed by atoms with Crippen molar-refractivity contribution in [2.24, 2.45) is 0 Å². The largest absolute Gasteiger partial charge is 0.493 e. The average molecular weight is 436 g/mol. The van der Waals surface area contributed by atoms with Crippen molar-refractivity contribution < 1.29 is 18.7 Å². The van der Waals surface area contributed by atoms with Crippen molar-refractivity contribution >= 4 is 5.91 Å². The summed E-state index contributed by atoms with van der Waals surface area (Å²) in [6.07, 6.45) is 0. The molecule has 0 spiro atoms. The highest BCUT2D eigenvalue weighted by Gasteiger charge is 2.15. The summed E-state index contributed by atoms with van der Waals surface area (Å²) in [6, 6.07) is 15.3. The maximum absolute atomic E-state index is 13.2. The molecule has 5 heteroatoms. The van der Waals surface area contributed by atoms with Gasteiger partial charge in [0.25, 0.3) is 5.91 Å². The predicted molar refractivity (Wildman–Crippen MR) is 125 cm³/mol. The summed E-state index contributed by atoms with van der Waals surface area (Å²) >= 11 is 0. The summed E-state index contributed by atoms with van der Waals surface area (Å²) in [5.74, 6) is 0.999. The lowest BCUT2D eigenvalue weighted by atomic mass is 10.1. The molecular formula is C27H30FNO3. The van der Waals surface area contributed by atoms with E-state index in [1.165, 1.54) is 17.7 Å². The summed E-state index contributed by atoms with van der Waals surface area (Å²) in [4.78, 5) is 12.9. The van der Waals surface area contributed by atoms with Gasteiger partial charge >= 0.3 is 0 Å². The number of hydrogen-bond donors (Lipinski definition) is 1. The fraction of sp³-hybridized carbons (Fsp3) is 0.296. The molecule has 4 nitrogen and oxygen atoms in total. The highest BCUT2D eigenvalue weighted by atomic mass is 19.1. The van der Waals surface area contributed by atoms with Crippen molar-refractivity contribution in [2.75, 3.05) is 6.61 Å². The van der Waals surface area contributed by atoms with E-state index in [0.29, 0.717) is 17.9 Å². The summed E-state index contributed by atoms with van der Waals surface area (Å²) in [5, 5.41) is 2.97. The molecule has 0 saturated carbocycles. The van der Waals surface area contributed by atoms with E-state index in [-0.39, 0.29) is 24.4 Å². The minimum absolute atomic E-state index is 0.214. The zero-order chi connectivity index (χ0) is 23.3. The molecule has 0 radical (unpaired) electrons. The maximum Gasteiger partial charge on any atom is 0.251 e. The van der Waals surface area contributed by atoms with Crippen LogP contribution in [0.15, 0.2) is 54.6 Å². The Bertz CT molecular complexity index is 1090. The van der Waals surface area contributed by atoms with Crippen molar-refractivity contribution in [1.82, 2.24) is 5.32 Å². The van der Waals surface area contributed by atoms with Crippen LogP contribution in [-0.4, -0.2) is 12.5 Å². The first-order valence-corrected chi connectivity index (χ1v) is 10.8. The number of carbonyl (C=O) groups excluding carboxylic acids is 1. The smallest absolute Gasteiger partial charge is 0.251 e. The Morgan fingerprint density at radius 3 is 2.38 bits per heavy atom. The Kier molecular flexibility index (Phi) is 7.52. The number of ether oxygens (including phenoxy) is 2. The predicted octanol–water partition coefficient (Wildman–Crippen LogP) is 6.22. The van der Waals surface area contributed by atoms with E-state index in [1.807, 2.05) is 33.8 Å². The van der Waals surface area contributed by atoms with Crippen LogP contribution in [0.5, 0.6) is 11.5 Å². The van der Waals surface area contributed by atoms with E-state index in [0.717, 1.165) is 28.0 Å². The van der Waals surface area contributed by atoms with Crippen LogP contribution < -0.4 is 14.8 Å². The third-order valence-corrected chi connectivity index (χ3v) is 5.49. The van der Waals surface area contributed by atoms with Gasteiger partial charge in [0, 0.05) is 11.1 Å². The van der Waals surface area contributed by atoms with Gasteiger partial charge in [-0.15, -0.1) is 0 Å². The monoisotopic (exact) mass is 435 g/mol. The molecule has 3 aromatic carbocycles. The first-order chi connectivity index (χ1) is 15.3. The van der Waals surface area contributed by atoms with Gasteiger partial charge in [-0.3, -0.25) is 4.79 Å². The minimum atomic E-state index is -0.303. The molecule has 0 saturated heterocycles. The van der Waals surface area contributed by atoms with Crippen LogP contribution in [0.3, 0.4) is 0 Å². The van der Waals surface area contributed by atoms with Crippen molar-refractivity contribution in [3.63, 3.8) is 0 Å². The molecule has 3 rings (SSSR count). The zero-order valence-electron chi connectivity index (χ0n) is 19.3. The minimum Gasteiger partial charge on any atom is -0.493 e. The van der Waals surface area contributed by atoms with Crippen LogP contribution in [0.4, 0.5) is 4.39 Å².